The van der Waals surface area contributed by atoms with E-state index in [0.717, 1.165) is 18.7 Å². The van der Waals surface area contributed by atoms with Crippen molar-refractivity contribution in [1.29, 1.82) is 0 Å². The molecule has 3 aromatic heterocycles. The van der Waals surface area contributed by atoms with Gasteiger partial charge >= 0.3 is 6.18 Å². The number of anilines is 1. The Morgan fingerprint density at radius 2 is 1.94 bits per heavy atom. The van der Waals surface area contributed by atoms with Gasteiger partial charge in [0.05, 0.1) is 29.4 Å². The van der Waals surface area contributed by atoms with Crippen molar-refractivity contribution in [2.45, 2.75) is 12.3 Å². The molecule has 4 aromatic rings. The minimum absolute atomic E-state index is 0.0815. The highest BCUT2D eigenvalue weighted by Crippen LogP contribution is 2.34. The third-order valence-corrected chi connectivity index (χ3v) is 6.21. The van der Waals surface area contributed by atoms with Crippen molar-refractivity contribution < 1.29 is 22.3 Å². The molecule has 1 saturated heterocycles. The second kappa shape index (κ2) is 8.86. The fourth-order valence-corrected chi connectivity index (χ4v) is 4.39. The number of aryl methyl sites for hydroxylation is 1. The molecule has 1 atom stereocenters. The van der Waals surface area contributed by atoms with Crippen molar-refractivity contribution in [3.05, 3.63) is 69.2 Å². The van der Waals surface area contributed by atoms with E-state index in [4.69, 9.17) is 16.3 Å². The summed E-state index contributed by atoms with van der Waals surface area (Å²) in [6.07, 6.45) is -1.78. The smallest absolute Gasteiger partial charge is 0.370 e. The number of alkyl halides is 3. The van der Waals surface area contributed by atoms with Crippen molar-refractivity contribution in [3.63, 3.8) is 0 Å². The molecule has 1 aliphatic heterocycles. The minimum atomic E-state index is -4.87. The number of hydrogen-bond donors (Lipinski definition) is 0. The van der Waals surface area contributed by atoms with Crippen LogP contribution >= 0.6 is 11.6 Å². The van der Waals surface area contributed by atoms with Gasteiger partial charge in [0.2, 0.25) is 5.82 Å². The van der Waals surface area contributed by atoms with Gasteiger partial charge in [-0.2, -0.15) is 18.3 Å². The number of rotatable bonds is 3. The van der Waals surface area contributed by atoms with Crippen LogP contribution in [0, 0.1) is 5.82 Å². The summed E-state index contributed by atoms with van der Waals surface area (Å²) >= 11 is 5.89. The zero-order valence-corrected chi connectivity index (χ0v) is 19.8. The molecule has 188 valence electrons. The summed E-state index contributed by atoms with van der Waals surface area (Å²) in [6.45, 7) is 0.986. The second-order valence-electron chi connectivity index (χ2n) is 8.40. The van der Waals surface area contributed by atoms with E-state index in [1.165, 1.54) is 18.2 Å². The quantitative estimate of drug-likeness (QED) is 0.377. The molecule has 1 fully saturated rings. The third-order valence-electron chi connectivity index (χ3n) is 5.97. The molecule has 13 heteroatoms. The summed E-state index contributed by atoms with van der Waals surface area (Å²) in [5.41, 5.74) is -0.627. The van der Waals surface area contributed by atoms with Crippen LogP contribution in [0.15, 0.2) is 41.5 Å². The van der Waals surface area contributed by atoms with Crippen LogP contribution in [0.1, 0.15) is 17.5 Å². The van der Waals surface area contributed by atoms with Crippen molar-refractivity contribution in [3.8, 4) is 11.3 Å². The molecule has 36 heavy (non-hydrogen) atoms. The second-order valence-corrected chi connectivity index (χ2v) is 8.83. The van der Waals surface area contributed by atoms with Gasteiger partial charge in [-0.05, 0) is 18.2 Å². The largest absolute Gasteiger partial charge is 0.449 e. The fraction of sp³-hybridized carbons (Fsp3) is 0.304. The highest BCUT2D eigenvalue weighted by Gasteiger charge is 2.37. The van der Waals surface area contributed by atoms with Crippen molar-refractivity contribution >= 4 is 28.3 Å². The molecule has 0 aliphatic carbocycles. The van der Waals surface area contributed by atoms with Crippen LogP contribution in [0.2, 0.25) is 5.02 Å². The third kappa shape index (κ3) is 4.30. The first-order chi connectivity index (χ1) is 17.0. The summed E-state index contributed by atoms with van der Waals surface area (Å²) in [5.74, 6) is -1.90. The van der Waals surface area contributed by atoms with Crippen LogP contribution in [0.4, 0.5) is 23.4 Å². The summed E-state index contributed by atoms with van der Waals surface area (Å²) in [7, 11) is 2.74. The van der Waals surface area contributed by atoms with E-state index in [-0.39, 0.29) is 39.1 Å². The van der Waals surface area contributed by atoms with Crippen LogP contribution < -0.4 is 10.5 Å². The molecule has 0 spiro atoms. The topological polar surface area (TPSA) is 78.1 Å². The molecular formula is C23H19ClF4N6O2. The van der Waals surface area contributed by atoms with Gasteiger partial charge in [0.1, 0.15) is 17.7 Å². The highest BCUT2D eigenvalue weighted by atomic mass is 35.5. The lowest BCUT2D eigenvalue weighted by Gasteiger charge is -2.33. The molecular weight excluding hydrogens is 504 g/mol. The summed E-state index contributed by atoms with van der Waals surface area (Å²) in [6, 6.07) is 5.11. The maximum absolute atomic E-state index is 14.9. The Labute approximate surface area is 206 Å². The van der Waals surface area contributed by atoms with E-state index in [1.54, 1.807) is 29.0 Å². The normalized spacial score (nSPS) is 16.6. The lowest BCUT2D eigenvalue weighted by Crippen LogP contribution is -2.39. The van der Waals surface area contributed by atoms with E-state index < -0.39 is 23.4 Å². The van der Waals surface area contributed by atoms with Crippen molar-refractivity contribution in [2.24, 2.45) is 14.1 Å². The van der Waals surface area contributed by atoms with Crippen LogP contribution in [0.5, 0.6) is 0 Å². The number of morpholine rings is 1. The number of aromatic nitrogens is 5. The maximum Gasteiger partial charge on any atom is 0.449 e. The Morgan fingerprint density at radius 1 is 1.17 bits per heavy atom. The number of pyridine rings is 1. The summed E-state index contributed by atoms with van der Waals surface area (Å²) in [4.78, 5) is 23.2. The van der Waals surface area contributed by atoms with Gasteiger partial charge in [-0.15, -0.1) is 0 Å². The molecule has 8 nitrogen and oxygen atoms in total. The molecule has 0 radical (unpaired) electrons. The molecule has 0 amide bonds. The first-order valence-electron chi connectivity index (χ1n) is 10.8. The first kappa shape index (κ1) is 24.2. The number of nitrogens with zero attached hydrogens (tertiary/aromatic N) is 6. The predicted octanol–water partition coefficient (Wildman–Crippen LogP) is 4.12. The minimum Gasteiger partial charge on any atom is -0.370 e. The van der Waals surface area contributed by atoms with Crippen LogP contribution in [-0.2, 0) is 25.0 Å². The van der Waals surface area contributed by atoms with Crippen molar-refractivity contribution in [2.75, 3.05) is 24.6 Å². The van der Waals surface area contributed by atoms with Crippen LogP contribution in [0.25, 0.3) is 22.2 Å². The van der Waals surface area contributed by atoms with Gasteiger partial charge in [0.15, 0.2) is 0 Å². The standard InChI is InChI=1S/C23H19ClF4N6O2/c1-32-10-12(9-29-32)17-11-34(5-6-36-17)18-8-16-19(21(35)33(2)22(30-16)23(26,27)28)20(31-18)14-4-3-13(24)7-15(14)25/h3-4,7-10,17H,5-6,11H2,1-2H3/t17-/m1/s1. The van der Waals surface area contributed by atoms with Gasteiger partial charge in [-0.1, -0.05) is 11.6 Å². The van der Waals surface area contributed by atoms with Crippen LogP contribution in [-0.4, -0.2) is 44.0 Å². The van der Waals surface area contributed by atoms with Gasteiger partial charge in [-0.25, -0.2) is 14.4 Å². The Kier molecular flexibility index (Phi) is 5.95. The molecule has 0 saturated carbocycles. The van der Waals surface area contributed by atoms with Gasteiger partial charge in [-0.3, -0.25) is 14.0 Å². The average molecular weight is 523 g/mol. The number of fused-ring (bicyclic) bond motifs is 1. The van der Waals surface area contributed by atoms with E-state index in [2.05, 4.69) is 15.1 Å². The zero-order chi connectivity index (χ0) is 25.8. The predicted molar refractivity (Wildman–Crippen MR) is 124 cm³/mol. The highest BCUT2D eigenvalue weighted by molar-refractivity contribution is 6.30. The van der Waals surface area contributed by atoms with Crippen LogP contribution in [0.3, 0.4) is 0 Å². The molecule has 0 bridgehead atoms. The average Bonchev–Trinajstić information content (AvgIpc) is 3.26. The SMILES string of the molecule is Cn1cc([C@H]2CN(c3cc4nc(C(F)(F)F)n(C)c(=O)c4c(-c4ccc(Cl)cc4F)n3)CCO2)cn1. The Hall–Kier alpha value is -3.51. The molecule has 0 unspecified atom stereocenters. The van der Waals surface area contributed by atoms with Gasteiger partial charge in [0, 0.05) is 55.6 Å². The Morgan fingerprint density at radius 3 is 2.61 bits per heavy atom. The number of hydrogen-bond acceptors (Lipinski definition) is 6. The van der Waals surface area contributed by atoms with Gasteiger partial charge in [0.25, 0.3) is 5.56 Å². The molecule has 1 aliphatic rings. The van der Waals surface area contributed by atoms with Gasteiger partial charge < -0.3 is 9.64 Å². The number of benzene rings is 1. The summed E-state index contributed by atoms with van der Waals surface area (Å²) in [5, 5.41) is 4.04. The van der Waals surface area contributed by atoms with E-state index in [9.17, 15) is 22.4 Å². The monoisotopic (exact) mass is 522 g/mol. The van der Waals surface area contributed by atoms with E-state index in [1.807, 2.05) is 0 Å². The maximum atomic E-state index is 14.9. The number of halogens is 5. The summed E-state index contributed by atoms with van der Waals surface area (Å²) < 4.78 is 63.7. The first-order valence-corrected chi connectivity index (χ1v) is 11.2. The van der Waals surface area contributed by atoms with Crippen molar-refractivity contribution in [1.82, 2.24) is 24.3 Å². The van der Waals surface area contributed by atoms with E-state index in [0.29, 0.717) is 24.3 Å². The molecule has 0 N–H and O–H groups in total. The van der Waals surface area contributed by atoms with E-state index >= 15 is 0 Å². The molecule has 1 aromatic carbocycles. The number of ether oxygens (including phenoxy) is 1. The lowest BCUT2D eigenvalue weighted by molar-refractivity contribution is -0.147. The Balaban J connectivity index is 1.71. The zero-order valence-electron chi connectivity index (χ0n) is 19.1. The molecule has 5 rings (SSSR count). The molecule has 4 heterocycles. The fourth-order valence-electron chi connectivity index (χ4n) is 4.23. The lowest BCUT2D eigenvalue weighted by atomic mass is 10.1. The Bertz CT molecular complexity index is 1530.